The Morgan fingerprint density at radius 2 is 2.07 bits per heavy atom. The molecule has 1 aromatic rings. The monoisotopic (exact) mass is 277 g/mol. The average Bonchev–Trinajstić information content (AvgIpc) is 2.23. The molecule has 0 saturated heterocycles. The Bertz CT molecular complexity index is 342. The number of benzene rings is 1. The summed E-state index contributed by atoms with van der Waals surface area (Å²) in [6.45, 7) is 4.83. The standard InChI is InChI=1S/C11H14BrF2N/c1-3-6-15-7(2)8-4-5-9(13)11(14)10(8)12/h4-5,7,15H,3,6H2,1-2H3. The molecular weight excluding hydrogens is 264 g/mol. The van der Waals surface area contributed by atoms with E-state index < -0.39 is 11.6 Å². The molecule has 1 N–H and O–H groups in total. The summed E-state index contributed by atoms with van der Waals surface area (Å²) in [4.78, 5) is 0. The van der Waals surface area contributed by atoms with Crippen molar-refractivity contribution in [1.82, 2.24) is 5.32 Å². The SMILES string of the molecule is CCCNC(C)c1ccc(F)c(F)c1Br. The van der Waals surface area contributed by atoms with E-state index in [4.69, 9.17) is 0 Å². The lowest BCUT2D eigenvalue weighted by molar-refractivity contribution is 0.495. The van der Waals surface area contributed by atoms with Crippen molar-refractivity contribution in [3.8, 4) is 0 Å². The zero-order chi connectivity index (χ0) is 11.4. The molecule has 0 aliphatic rings. The topological polar surface area (TPSA) is 12.0 Å². The van der Waals surface area contributed by atoms with E-state index in [1.807, 2.05) is 6.92 Å². The van der Waals surface area contributed by atoms with Crippen LogP contribution < -0.4 is 5.32 Å². The number of halogens is 3. The van der Waals surface area contributed by atoms with E-state index in [0.717, 1.165) is 24.6 Å². The van der Waals surface area contributed by atoms with Crippen LogP contribution in [0, 0.1) is 11.6 Å². The molecule has 0 aliphatic heterocycles. The van der Waals surface area contributed by atoms with Gasteiger partial charge in [-0.3, -0.25) is 0 Å². The smallest absolute Gasteiger partial charge is 0.173 e. The van der Waals surface area contributed by atoms with Gasteiger partial charge < -0.3 is 5.32 Å². The third-order valence-electron chi connectivity index (χ3n) is 2.23. The Balaban J connectivity index is 2.90. The first kappa shape index (κ1) is 12.6. The van der Waals surface area contributed by atoms with Crippen LogP contribution in [0.3, 0.4) is 0 Å². The summed E-state index contributed by atoms with van der Waals surface area (Å²) in [7, 11) is 0. The van der Waals surface area contributed by atoms with Crippen molar-refractivity contribution in [3.63, 3.8) is 0 Å². The molecule has 84 valence electrons. The normalized spacial score (nSPS) is 12.9. The minimum atomic E-state index is -0.826. The molecule has 15 heavy (non-hydrogen) atoms. The molecule has 1 aromatic carbocycles. The number of rotatable bonds is 4. The van der Waals surface area contributed by atoms with Gasteiger partial charge in [-0.15, -0.1) is 0 Å². The molecule has 4 heteroatoms. The van der Waals surface area contributed by atoms with Crippen LogP contribution >= 0.6 is 15.9 Å². The van der Waals surface area contributed by atoms with Crippen LogP contribution in [0.1, 0.15) is 31.9 Å². The van der Waals surface area contributed by atoms with E-state index in [2.05, 4.69) is 28.2 Å². The quantitative estimate of drug-likeness (QED) is 0.826. The van der Waals surface area contributed by atoms with Crippen molar-refractivity contribution in [2.24, 2.45) is 0 Å². The Kier molecular flexibility index (Phi) is 4.67. The van der Waals surface area contributed by atoms with E-state index in [1.54, 1.807) is 6.07 Å². The fourth-order valence-corrected chi connectivity index (χ4v) is 2.01. The Morgan fingerprint density at radius 1 is 1.40 bits per heavy atom. The average molecular weight is 278 g/mol. The van der Waals surface area contributed by atoms with Gasteiger partial charge in [-0.05, 0) is 47.4 Å². The van der Waals surface area contributed by atoms with Crippen molar-refractivity contribution in [2.75, 3.05) is 6.54 Å². The molecule has 1 nitrogen and oxygen atoms in total. The van der Waals surface area contributed by atoms with Crippen LogP contribution in [0.4, 0.5) is 8.78 Å². The maximum absolute atomic E-state index is 13.2. The van der Waals surface area contributed by atoms with Crippen LogP contribution in [0.15, 0.2) is 16.6 Å². The van der Waals surface area contributed by atoms with Crippen molar-refractivity contribution in [3.05, 3.63) is 33.8 Å². The molecule has 0 fully saturated rings. The van der Waals surface area contributed by atoms with Crippen LogP contribution in [0.5, 0.6) is 0 Å². The maximum Gasteiger partial charge on any atom is 0.173 e. The minimum Gasteiger partial charge on any atom is -0.310 e. The van der Waals surface area contributed by atoms with E-state index in [1.165, 1.54) is 0 Å². The van der Waals surface area contributed by atoms with Crippen molar-refractivity contribution < 1.29 is 8.78 Å². The summed E-state index contributed by atoms with van der Waals surface area (Å²) in [5.74, 6) is -1.65. The van der Waals surface area contributed by atoms with Gasteiger partial charge in [-0.2, -0.15) is 0 Å². The molecule has 1 unspecified atom stereocenters. The van der Waals surface area contributed by atoms with Crippen LogP contribution in [-0.4, -0.2) is 6.54 Å². The van der Waals surface area contributed by atoms with Gasteiger partial charge in [0.2, 0.25) is 0 Å². The van der Waals surface area contributed by atoms with E-state index >= 15 is 0 Å². The first-order valence-corrected chi connectivity index (χ1v) is 5.74. The van der Waals surface area contributed by atoms with Gasteiger partial charge in [0.1, 0.15) is 0 Å². The number of hydrogen-bond acceptors (Lipinski definition) is 1. The largest absolute Gasteiger partial charge is 0.310 e. The van der Waals surface area contributed by atoms with Gasteiger partial charge in [0.25, 0.3) is 0 Å². The fraction of sp³-hybridized carbons (Fsp3) is 0.455. The summed E-state index contributed by atoms with van der Waals surface area (Å²) in [6.07, 6.45) is 1.01. The second-order valence-corrected chi connectivity index (χ2v) is 4.23. The summed E-state index contributed by atoms with van der Waals surface area (Å²) in [6, 6.07) is 2.75. The Hall–Kier alpha value is -0.480. The molecule has 0 aliphatic carbocycles. The molecule has 0 heterocycles. The Morgan fingerprint density at radius 3 is 2.67 bits per heavy atom. The second kappa shape index (κ2) is 5.56. The first-order chi connectivity index (χ1) is 7.07. The van der Waals surface area contributed by atoms with Crippen LogP contribution in [0.25, 0.3) is 0 Å². The van der Waals surface area contributed by atoms with E-state index in [9.17, 15) is 8.78 Å². The third kappa shape index (κ3) is 2.98. The zero-order valence-corrected chi connectivity index (χ0v) is 10.4. The van der Waals surface area contributed by atoms with E-state index in [-0.39, 0.29) is 10.5 Å². The van der Waals surface area contributed by atoms with Crippen LogP contribution in [0.2, 0.25) is 0 Å². The van der Waals surface area contributed by atoms with Crippen molar-refractivity contribution in [2.45, 2.75) is 26.3 Å². The summed E-state index contributed by atoms with van der Waals surface area (Å²) in [5, 5.41) is 3.22. The predicted molar refractivity (Wildman–Crippen MR) is 60.8 cm³/mol. The fourth-order valence-electron chi connectivity index (χ4n) is 1.35. The zero-order valence-electron chi connectivity index (χ0n) is 8.78. The van der Waals surface area contributed by atoms with Gasteiger partial charge in [0.15, 0.2) is 11.6 Å². The van der Waals surface area contributed by atoms with Gasteiger partial charge in [-0.1, -0.05) is 13.0 Å². The molecule has 0 amide bonds. The van der Waals surface area contributed by atoms with Crippen LogP contribution in [-0.2, 0) is 0 Å². The molecular formula is C11H14BrF2N. The molecule has 0 aromatic heterocycles. The highest BCUT2D eigenvalue weighted by Gasteiger charge is 2.14. The second-order valence-electron chi connectivity index (χ2n) is 3.44. The summed E-state index contributed by atoms with van der Waals surface area (Å²) >= 11 is 3.07. The molecule has 0 bridgehead atoms. The predicted octanol–water partition coefficient (Wildman–Crippen LogP) is 3.79. The van der Waals surface area contributed by atoms with Crippen molar-refractivity contribution >= 4 is 15.9 Å². The molecule has 0 spiro atoms. The van der Waals surface area contributed by atoms with Crippen molar-refractivity contribution in [1.29, 1.82) is 0 Å². The maximum atomic E-state index is 13.2. The molecule has 0 radical (unpaired) electrons. The third-order valence-corrected chi connectivity index (χ3v) is 3.04. The highest BCUT2D eigenvalue weighted by molar-refractivity contribution is 9.10. The highest BCUT2D eigenvalue weighted by Crippen LogP contribution is 2.27. The minimum absolute atomic E-state index is 0.00873. The lowest BCUT2D eigenvalue weighted by Crippen LogP contribution is -2.20. The van der Waals surface area contributed by atoms with Gasteiger partial charge in [-0.25, -0.2) is 8.78 Å². The highest BCUT2D eigenvalue weighted by atomic mass is 79.9. The molecule has 0 saturated carbocycles. The number of nitrogens with one attached hydrogen (secondary N) is 1. The lowest BCUT2D eigenvalue weighted by atomic mass is 10.1. The number of hydrogen-bond donors (Lipinski definition) is 1. The Labute approximate surface area is 97.0 Å². The molecule has 1 atom stereocenters. The first-order valence-electron chi connectivity index (χ1n) is 4.94. The van der Waals surface area contributed by atoms with E-state index in [0.29, 0.717) is 0 Å². The summed E-state index contributed by atoms with van der Waals surface area (Å²) < 4.78 is 26.3. The van der Waals surface area contributed by atoms with Gasteiger partial charge >= 0.3 is 0 Å². The van der Waals surface area contributed by atoms with Gasteiger partial charge in [0, 0.05) is 6.04 Å². The van der Waals surface area contributed by atoms with Gasteiger partial charge in [0.05, 0.1) is 4.47 Å². The molecule has 1 rings (SSSR count). The summed E-state index contributed by atoms with van der Waals surface area (Å²) in [5.41, 5.74) is 0.738. The lowest BCUT2D eigenvalue weighted by Gasteiger charge is -2.15.